The maximum Gasteiger partial charge on any atom is 0.142 e. The number of hydrogen-bond acceptors (Lipinski definition) is 2. The quantitative estimate of drug-likeness (QED) is 0.815. The van der Waals surface area contributed by atoms with Gasteiger partial charge in [0.25, 0.3) is 0 Å². The summed E-state index contributed by atoms with van der Waals surface area (Å²) in [6.45, 7) is 0. The number of carbonyl (C=O) groups is 1. The molecule has 88 valence electrons. The Balaban J connectivity index is 2.08. The number of rotatable bonds is 4. The van der Waals surface area contributed by atoms with E-state index < -0.39 is 11.6 Å². The van der Waals surface area contributed by atoms with Gasteiger partial charge in [-0.15, -0.1) is 11.3 Å². The van der Waals surface area contributed by atoms with Crippen molar-refractivity contribution in [1.82, 2.24) is 0 Å². The van der Waals surface area contributed by atoms with Crippen LogP contribution in [0, 0.1) is 11.6 Å². The van der Waals surface area contributed by atoms with Crippen LogP contribution in [0.4, 0.5) is 8.78 Å². The zero-order valence-corrected chi connectivity index (χ0v) is 9.77. The molecule has 0 saturated heterocycles. The van der Waals surface area contributed by atoms with Crippen LogP contribution in [0.1, 0.15) is 10.4 Å². The van der Waals surface area contributed by atoms with Crippen LogP contribution in [0.15, 0.2) is 35.7 Å². The highest BCUT2D eigenvalue weighted by Gasteiger charge is 2.13. The number of thiophene rings is 1. The first kappa shape index (κ1) is 11.9. The van der Waals surface area contributed by atoms with E-state index in [1.807, 2.05) is 17.5 Å². The van der Waals surface area contributed by atoms with Gasteiger partial charge in [0.2, 0.25) is 0 Å². The second-order valence-electron chi connectivity index (χ2n) is 3.67. The van der Waals surface area contributed by atoms with Crippen LogP contribution in [-0.4, -0.2) is 5.78 Å². The Morgan fingerprint density at radius 3 is 2.35 bits per heavy atom. The van der Waals surface area contributed by atoms with Crippen molar-refractivity contribution >= 4 is 17.1 Å². The van der Waals surface area contributed by atoms with Crippen LogP contribution >= 0.6 is 11.3 Å². The fraction of sp³-hybridized carbons (Fsp3) is 0.154. The van der Waals surface area contributed by atoms with Crippen molar-refractivity contribution in [2.24, 2.45) is 0 Å². The molecule has 0 spiro atoms. The second-order valence-corrected chi connectivity index (χ2v) is 4.70. The third-order valence-electron chi connectivity index (χ3n) is 2.39. The summed E-state index contributed by atoms with van der Waals surface area (Å²) in [6, 6.07) is 7.29. The minimum atomic E-state index is -0.662. The van der Waals surface area contributed by atoms with Crippen LogP contribution in [0.25, 0.3) is 0 Å². The molecule has 0 bridgehead atoms. The van der Waals surface area contributed by atoms with Crippen LogP contribution in [0.5, 0.6) is 0 Å². The molecular formula is C13H10F2OS. The number of benzene rings is 1. The molecule has 2 aromatic rings. The number of Topliss-reactive ketones (excluding diaryl/α,β-unsaturated/α-hetero) is 1. The molecule has 0 aliphatic carbocycles. The molecule has 0 amide bonds. The minimum Gasteiger partial charge on any atom is -0.299 e. The first-order chi connectivity index (χ1) is 8.16. The van der Waals surface area contributed by atoms with Crippen molar-refractivity contribution in [2.45, 2.75) is 12.8 Å². The molecule has 2 rings (SSSR count). The first-order valence-electron chi connectivity index (χ1n) is 5.14. The maximum absolute atomic E-state index is 13.3. The fourth-order valence-corrected chi connectivity index (χ4v) is 2.30. The van der Waals surface area contributed by atoms with Crippen molar-refractivity contribution in [3.63, 3.8) is 0 Å². The summed E-state index contributed by atoms with van der Waals surface area (Å²) in [5.41, 5.74) is -0.144. The predicted molar refractivity (Wildman–Crippen MR) is 63.1 cm³/mol. The van der Waals surface area contributed by atoms with Gasteiger partial charge in [-0.2, -0.15) is 0 Å². The number of carbonyl (C=O) groups excluding carboxylic acids is 1. The van der Waals surface area contributed by atoms with Gasteiger partial charge in [0.05, 0.1) is 0 Å². The van der Waals surface area contributed by atoms with E-state index >= 15 is 0 Å². The molecule has 4 heteroatoms. The summed E-state index contributed by atoms with van der Waals surface area (Å²) in [4.78, 5) is 12.6. The summed E-state index contributed by atoms with van der Waals surface area (Å²) >= 11 is 1.46. The number of hydrogen-bond donors (Lipinski definition) is 0. The fourth-order valence-electron chi connectivity index (χ4n) is 1.57. The second kappa shape index (κ2) is 5.19. The van der Waals surface area contributed by atoms with Gasteiger partial charge in [0.15, 0.2) is 0 Å². The lowest BCUT2D eigenvalue weighted by molar-refractivity contribution is -0.117. The molecule has 0 aliphatic heterocycles. The van der Waals surface area contributed by atoms with Crippen molar-refractivity contribution in [3.05, 3.63) is 57.8 Å². The van der Waals surface area contributed by atoms with E-state index in [9.17, 15) is 13.6 Å². The molecule has 1 aromatic carbocycles. The monoisotopic (exact) mass is 252 g/mol. The van der Waals surface area contributed by atoms with E-state index in [-0.39, 0.29) is 24.2 Å². The lowest BCUT2D eigenvalue weighted by Gasteiger charge is -2.03. The summed E-state index contributed by atoms with van der Waals surface area (Å²) in [6.07, 6.45) is 0.0296. The Morgan fingerprint density at radius 1 is 1.06 bits per heavy atom. The standard InChI is InChI=1S/C13H10F2OS/c14-12-4-1-5-13(15)11(12)8-9(16)7-10-3-2-6-17-10/h1-6H,7-8H2. The molecule has 1 nitrogen and oxygen atoms in total. The SMILES string of the molecule is O=C(Cc1cccs1)Cc1c(F)cccc1F. The van der Waals surface area contributed by atoms with Gasteiger partial charge in [0.1, 0.15) is 17.4 Å². The highest BCUT2D eigenvalue weighted by molar-refractivity contribution is 7.10. The number of ketones is 1. The van der Waals surface area contributed by atoms with E-state index in [0.717, 1.165) is 17.0 Å². The predicted octanol–water partition coefficient (Wildman–Crippen LogP) is 3.38. The molecular weight excluding hydrogens is 242 g/mol. The van der Waals surface area contributed by atoms with Crippen molar-refractivity contribution in [1.29, 1.82) is 0 Å². The lowest BCUT2D eigenvalue weighted by atomic mass is 10.1. The largest absolute Gasteiger partial charge is 0.299 e. The smallest absolute Gasteiger partial charge is 0.142 e. The van der Waals surface area contributed by atoms with Crippen LogP contribution in [0.2, 0.25) is 0 Å². The Labute approximate surface area is 102 Å². The Bertz CT molecular complexity index is 500. The molecule has 0 atom stereocenters. The van der Waals surface area contributed by atoms with Crippen LogP contribution in [0.3, 0.4) is 0 Å². The third kappa shape index (κ3) is 2.97. The average Bonchev–Trinajstić information content (AvgIpc) is 2.76. The summed E-state index contributed by atoms with van der Waals surface area (Å²) in [5, 5.41) is 1.87. The Morgan fingerprint density at radius 2 is 1.76 bits per heavy atom. The topological polar surface area (TPSA) is 17.1 Å². The van der Waals surface area contributed by atoms with Crippen molar-refractivity contribution in [2.75, 3.05) is 0 Å². The molecule has 0 N–H and O–H groups in total. The summed E-state index contributed by atoms with van der Waals surface area (Å²) in [5.74, 6) is -1.51. The van der Waals surface area contributed by atoms with Crippen LogP contribution in [-0.2, 0) is 17.6 Å². The van der Waals surface area contributed by atoms with Crippen molar-refractivity contribution < 1.29 is 13.6 Å². The van der Waals surface area contributed by atoms with E-state index in [0.29, 0.717) is 0 Å². The van der Waals surface area contributed by atoms with E-state index in [2.05, 4.69) is 0 Å². The summed E-state index contributed by atoms with van der Waals surface area (Å²) in [7, 11) is 0. The van der Waals surface area contributed by atoms with E-state index in [1.54, 1.807) is 0 Å². The molecule has 0 radical (unpaired) electrons. The zero-order valence-electron chi connectivity index (χ0n) is 8.95. The van der Waals surface area contributed by atoms with Gasteiger partial charge in [-0.1, -0.05) is 12.1 Å². The summed E-state index contributed by atoms with van der Waals surface area (Å²) < 4.78 is 26.6. The van der Waals surface area contributed by atoms with Crippen molar-refractivity contribution in [3.8, 4) is 0 Å². The lowest BCUT2D eigenvalue weighted by Crippen LogP contribution is -2.08. The van der Waals surface area contributed by atoms with Gasteiger partial charge in [-0.25, -0.2) is 8.78 Å². The Hall–Kier alpha value is -1.55. The van der Waals surface area contributed by atoms with Crippen LogP contribution < -0.4 is 0 Å². The Kier molecular flexibility index (Phi) is 3.64. The maximum atomic E-state index is 13.3. The van der Waals surface area contributed by atoms with E-state index in [4.69, 9.17) is 0 Å². The first-order valence-corrected chi connectivity index (χ1v) is 6.02. The molecule has 17 heavy (non-hydrogen) atoms. The van der Waals surface area contributed by atoms with Gasteiger partial charge in [-0.05, 0) is 23.6 Å². The zero-order chi connectivity index (χ0) is 12.3. The normalized spacial score (nSPS) is 10.5. The van der Waals surface area contributed by atoms with Gasteiger partial charge < -0.3 is 0 Å². The molecule has 0 aliphatic rings. The molecule has 0 fully saturated rings. The molecule has 0 saturated carbocycles. The van der Waals surface area contributed by atoms with Gasteiger partial charge in [-0.3, -0.25) is 4.79 Å². The molecule has 1 aromatic heterocycles. The van der Waals surface area contributed by atoms with Gasteiger partial charge in [0, 0.05) is 23.3 Å². The highest BCUT2D eigenvalue weighted by Crippen LogP contribution is 2.15. The third-order valence-corrected chi connectivity index (χ3v) is 3.26. The average molecular weight is 252 g/mol. The molecule has 1 heterocycles. The van der Waals surface area contributed by atoms with Gasteiger partial charge >= 0.3 is 0 Å². The molecule has 0 unspecified atom stereocenters. The van der Waals surface area contributed by atoms with E-state index in [1.165, 1.54) is 17.4 Å². The minimum absolute atomic E-state index is 0.144. The highest BCUT2D eigenvalue weighted by atomic mass is 32.1. The number of halogens is 2.